The second kappa shape index (κ2) is 10.2. The van der Waals surface area contributed by atoms with Gasteiger partial charge in [0, 0.05) is 11.1 Å². The molecule has 0 aliphatic carbocycles. The summed E-state index contributed by atoms with van der Waals surface area (Å²) >= 11 is 6.62. The highest BCUT2D eigenvalue weighted by Gasteiger charge is 2.49. The fourth-order valence-corrected chi connectivity index (χ4v) is 7.44. The molecule has 5 aromatic rings. The van der Waals surface area contributed by atoms with Gasteiger partial charge >= 0.3 is 0 Å². The first-order chi connectivity index (χ1) is 19.4. The van der Waals surface area contributed by atoms with Crippen LogP contribution < -0.4 is 5.56 Å². The van der Waals surface area contributed by atoms with Crippen molar-refractivity contribution in [3.63, 3.8) is 0 Å². The molecule has 3 unspecified atom stereocenters. The summed E-state index contributed by atoms with van der Waals surface area (Å²) in [4.78, 5) is 27.5. The third-order valence-corrected chi connectivity index (χ3v) is 9.71. The van der Waals surface area contributed by atoms with E-state index in [1.165, 1.54) is 21.7 Å². The minimum Gasteiger partial charge on any atom is -0.386 e. The SMILES string of the molecule is CC(C)c1ccc(Sc2nc3c(=O)n4cc(-c5ccccc5)[nH]c4nc3n2[C@@H]2OC3CO[PH](=S)O[C@H]3C2O)cc1. The number of aliphatic hydroxyl groups excluding tert-OH is 1. The molecule has 5 heterocycles. The Labute approximate surface area is 238 Å². The molecule has 40 heavy (non-hydrogen) atoms. The average Bonchev–Trinajstić information content (AvgIpc) is 3.64. The maximum absolute atomic E-state index is 13.7. The van der Waals surface area contributed by atoms with E-state index in [2.05, 4.69) is 31.0 Å². The monoisotopic (exact) mass is 595 g/mol. The van der Waals surface area contributed by atoms with Gasteiger partial charge in [0.1, 0.15) is 18.3 Å². The van der Waals surface area contributed by atoms with E-state index in [0.717, 1.165) is 16.2 Å². The maximum atomic E-state index is 13.7. The molecular formula is C27H26N5O5PS2. The van der Waals surface area contributed by atoms with Crippen molar-refractivity contribution in [3.05, 3.63) is 76.7 Å². The lowest BCUT2D eigenvalue weighted by atomic mass is 10.0. The smallest absolute Gasteiger partial charge is 0.287 e. The van der Waals surface area contributed by atoms with Crippen LogP contribution in [0.4, 0.5) is 0 Å². The van der Waals surface area contributed by atoms with E-state index in [9.17, 15) is 9.90 Å². The van der Waals surface area contributed by atoms with Gasteiger partial charge in [0.25, 0.3) is 5.56 Å². The Hall–Kier alpha value is -2.83. The Morgan fingerprint density at radius 1 is 1.15 bits per heavy atom. The normalized spacial score (nSPS) is 24.8. The molecule has 2 saturated heterocycles. The standard InChI is InChI=1S/C27H26N5O5PS2/c1-14(2)15-8-10-17(11-9-15)40-27-29-20-23(32(27)25-21(33)22-19(36-25)13-35-38(39)37-22)30-26-28-18(12-31(26)24(20)34)16-6-4-3-5-7-16/h3-12,14,19,21-22,25,33,38H,13H2,1-2H3,(H,28,30)/t19?,21?,22-,25-/m1/s1. The van der Waals surface area contributed by atoms with Crippen molar-refractivity contribution < 1.29 is 18.9 Å². The molecule has 2 aromatic carbocycles. The van der Waals surface area contributed by atoms with Crippen molar-refractivity contribution in [2.45, 2.75) is 54.4 Å². The van der Waals surface area contributed by atoms with Gasteiger partial charge in [-0.15, -0.1) is 0 Å². The van der Waals surface area contributed by atoms with Crippen LogP contribution in [0.3, 0.4) is 0 Å². The van der Waals surface area contributed by atoms with Gasteiger partial charge in [-0.05, 0) is 41.0 Å². The summed E-state index contributed by atoms with van der Waals surface area (Å²) in [6.45, 7) is 4.52. The predicted molar refractivity (Wildman–Crippen MR) is 156 cm³/mol. The van der Waals surface area contributed by atoms with Crippen molar-refractivity contribution in [3.8, 4) is 11.3 Å². The molecular weight excluding hydrogens is 569 g/mol. The van der Waals surface area contributed by atoms with Gasteiger partial charge in [-0.1, -0.05) is 68.1 Å². The number of ether oxygens (including phenoxy) is 1. The molecule has 5 atom stereocenters. The van der Waals surface area contributed by atoms with E-state index in [-0.39, 0.29) is 17.7 Å². The minimum absolute atomic E-state index is 0.174. The highest BCUT2D eigenvalue weighted by molar-refractivity contribution is 8.00. The molecule has 0 spiro atoms. The number of hydrogen-bond donors (Lipinski definition) is 2. The zero-order chi connectivity index (χ0) is 27.5. The number of aliphatic hydroxyl groups is 1. The van der Waals surface area contributed by atoms with Crippen LogP contribution in [0.1, 0.15) is 31.6 Å². The fraction of sp³-hybridized carbons (Fsp3) is 0.296. The first-order valence-corrected chi connectivity index (χ1v) is 16.2. The summed E-state index contributed by atoms with van der Waals surface area (Å²) in [5.74, 6) is 0.760. The molecule has 0 amide bonds. The molecule has 10 nitrogen and oxygen atoms in total. The highest BCUT2D eigenvalue weighted by Crippen LogP contribution is 2.44. The number of hydrogen-bond acceptors (Lipinski definition) is 9. The third-order valence-electron chi connectivity index (χ3n) is 7.22. The van der Waals surface area contributed by atoms with Crippen LogP contribution in [-0.2, 0) is 25.6 Å². The van der Waals surface area contributed by atoms with E-state index < -0.39 is 31.7 Å². The van der Waals surface area contributed by atoms with Crippen LogP contribution in [0.2, 0.25) is 0 Å². The topological polar surface area (TPSA) is 116 Å². The molecule has 206 valence electrons. The van der Waals surface area contributed by atoms with E-state index >= 15 is 0 Å². The minimum atomic E-state index is -1.90. The molecule has 0 radical (unpaired) electrons. The van der Waals surface area contributed by atoms with Gasteiger partial charge in [-0.3, -0.25) is 9.36 Å². The molecule has 13 heteroatoms. The molecule has 7 rings (SSSR count). The second-order valence-electron chi connectivity index (χ2n) is 10.1. The zero-order valence-corrected chi connectivity index (χ0v) is 24.2. The molecule has 3 aromatic heterocycles. The van der Waals surface area contributed by atoms with Crippen molar-refractivity contribution in [2.24, 2.45) is 0 Å². The average molecular weight is 596 g/mol. The molecule has 2 aliphatic rings. The van der Waals surface area contributed by atoms with E-state index in [0.29, 0.717) is 22.5 Å². The number of nitrogens with zero attached hydrogens (tertiary/aromatic N) is 4. The van der Waals surface area contributed by atoms with Crippen molar-refractivity contribution >= 4 is 47.7 Å². The van der Waals surface area contributed by atoms with Gasteiger partial charge < -0.3 is 23.9 Å². The molecule has 0 bridgehead atoms. The molecule has 0 saturated carbocycles. The number of rotatable bonds is 5. The third kappa shape index (κ3) is 4.44. The lowest BCUT2D eigenvalue weighted by Crippen LogP contribution is -2.37. The predicted octanol–water partition coefficient (Wildman–Crippen LogP) is 4.49. The number of fused-ring (bicyclic) bond motifs is 3. The Bertz CT molecular complexity index is 1800. The summed E-state index contributed by atoms with van der Waals surface area (Å²) in [7, 11) is -1.90. The summed E-state index contributed by atoms with van der Waals surface area (Å²) in [6.07, 6.45) is -1.37. The van der Waals surface area contributed by atoms with Crippen molar-refractivity contribution in [2.75, 3.05) is 6.61 Å². The van der Waals surface area contributed by atoms with E-state index in [1.807, 2.05) is 42.5 Å². The molecule has 2 N–H and O–H groups in total. The first kappa shape index (κ1) is 26.1. The first-order valence-electron chi connectivity index (χ1n) is 12.9. The number of H-pyrrole nitrogens is 1. The van der Waals surface area contributed by atoms with Gasteiger partial charge in [0.05, 0.1) is 12.3 Å². The van der Waals surface area contributed by atoms with Gasteiger partial charge in [-0.2, -0.15) is 4.98 Å². The summed E-state index contributed by atoms with van der Waals surface area (Å²) in [6, 6.07) is 17.9. The highest BCUT2D eigenvalue weighted by atomic mass is 32.4. The van der Waals surface area contributed by atoms with E-state index in [4.69, 9.17) is 35.6 Å². The van der Waals surface area contributed by atoms with Crippen molar-refractivity contribution in [1.29, 1.82) is 0 Å². The summed E-state index contributed by atoms with van der Waals surface area (Å²) in [5, 5.41) is 11.8. The second-order valence-corrected chi connectivity index (χ2v) is 13.2. The van der Waals surface area contributed by atoms with Gasteiger partial charge in [0.2, 0.25) is 5.78 Å². The van der Waals surface area contributed by atoms with Crippen LogP contribution in [0.5, 0.6) is 0 Å². The van der Waals surface area contributed by atoms with Crippen LogP contribution >= 0.6 is 18.9 Å². The number of aromatic amines is 1. The van der Waals surface area contributed by atoms with Crippen LogP contribution in [-0.4, -0.2) is 53.9 Å². The summed E-state index contributed by atoms with van der Waals surface area (Å²) in [5.41, 5.74) is 3.05. The largest absolute Gasteiger partial charge is 0.386 e. The Morgan fingerprint density at radius 2 is 1.93 bits per heavy atom. The Morgan fingerprint density at radius 3 is 2.67 bits per heavy atom. The zero-order valence-electron chi connectivity index (χ0n) is 21.6. The quantitative estimate of drug-likeness (QED) is 0.284. The molecule has 2 aliphatic heterocycles. The van der Waals surface area contributed by atoms with Gasteiger partial charge in [-0.25, -0.2) is 9.38 Å². The number of aromatic nitrogens is 5. The fourth-order valence-electron chi connectivity index (χ4n) is 5.11. The summed E-state index contributed by atoms with van der Waals surface area (Å²) < 4.78 is 20.7. The van der Waals surface area contributed by atoms with Gasteiger partial charge in [0.15, 0.2) is 29.7 Å². The maximum Gasteiger partial charge on any atom is 0.287 e. The van der Waals surface area contributed by atoms with Crippen LogP contribution in [0, 0.1) is 0 Å². The van der Waals surface area contributed by atoms with E-state index in [1.54, 1.807) is 10.8 Å². The molecule has 2 fully saturated rings. The Balaban J connectivity index is 1.38. The number of imidazole rings is 2. The lowest BCUT2D eigenvalue weighted by molar-refractivity contribution is -0.0556. The number of benzene rings is 2. The number of nitrogens with one attached hydrogen (secondary N) is 1. The van der Waals surface area contributed by atoms with Crippen LogP contribution in [0.25, 0.3) is 28.2 Å². The van der Waals surface area contributed by atoms with Crippen molar-refractivity contribution in [1.82, 2.24) is 23.9 Å². The Kier molecular flexibility index (Phi) is 6.67. The lowest BCUT2D eigenvalue weighted by Gasteiger charge is -2.26. The van der Waals surface area contributed by atoms with Crippen LogP contribution in [0.15, 0.2) is 75.6 Å².